The molecule has 1 saturated heterocycles. The first-order chi connectivity index (χ1) is 14.3. The number of anilines is 1. The van der Waals surface area contributed by atoms with Gasteiger partial charge in [-0.2, -0.15) is 0 Å². The molecular weight excluding hydrogens is 406 g/mol. The number of rotatable bonds is 8. The molecule has 8 nitrogen and oxygen atoms in total. The lowest BCUT2D eigenvalue weighted by Gasteiger charge is -2.17. The molecule has 30 heavy (non-hydrogen) atoms. The molecule has 1 aromatic carbocycles. The van der Waals surface area contributed by atoms with E-state index in [1.165, 1.54) is 6.08 Å². The highest BCUT2D eigenvalue weighted by Gasteiger charge is 2.59. The number of nitrogens with zero attached hydrogens (tertiary/aromatic N) is 1. The number of amides is 3. The smallest absolute Gasteiger partial charge is 0.244 e. The Hall–Kier alpha value is -2.78. The zero-order valence-corrected chi connectivity index (χ0v) is 17.1. The molecule has 3 aliphatic rings. The first kappa shape index (κ1) is 20.5. The Labute approximate surface area is 175 Å². The van der Waals surface area contributed by atoms with E-state index in [0.717, 1.165) is 11.3 Å². The van der Waals surface area contributed by atoms with Crippen LogP contribution in [0.25, 0.3) is 0 Å². The number of sulfonamides is 1. The van der Waals surface area contributed by atoms with Gasteiger partial charge >= 0.3 is 0 Å². The fourth-order valence-corrected chi connectivity index (χ4v) is 5.71. The van der Waals surface area contributed by atoms with Crippen LogP contribution >= 0.6 is 0 Å². The summed E-state index contributed by atoms with van der Waals surface area (Å²) in [7, 11) is -3.47. The molecule has 2 N–H and O–H groups in total. The molecule has 4 unspecified atom stereocenters. The van der Waals surface area contributed by atoms with E-state index >= 15 is 0 Å². The Bertz CT molecular complexity index is 1000. The Morgan fingerprint density at radius 2 is 1.70 bits per heavy atom. The second-order valence-electron chi connectivity index (χ2n) is 7.90. The molecular formula is C21H23N3O5S. The molecule has 0 aromatic heterocycles. The lowest BCUT2D eigenvalue weighted by molar-refractivity contribution is -0.143. The Morgan fingerprint density at radius 3 is 2.27 bits per heavy atom. The molecule has 2 aliphatic carbocycles. The van der Waals surface area contributed by atoms with Crippen molar-refractivity contribution < 1.29 is 22.8 Å². The quantitative estimate of drug-likeness (QED) is 0.474. The van der Waals surface area contributed by atoms with Gasteiger partial charge in [-0.15, -0.1) is 6.58 Å². The minimum atomic E-state index is -3.47. The van der Waals surface area contributed by atoms with Crippen molar-refractivity contribution >= 4 is 33.4 Å². The van der Waals surface area contributed by atoms with E-state index in [1.807, 2.05) is 12.2 Å². The summed E-state index contributed by atoms with van der Waals surface area (Å²) < 4.78 is 26.2. The number of allylic oxidation sites excluding steroid dienone is 2. The predicted molar refractivity (Wildman–Crippen MR) is 110 cm³/mol. The molecule has 1 aliphatic heterocycles. The summed E-state index contributed by atoms with van der Waals surface area (Å²) in [6, 6.07) is 6.37. The van der Waals surface area contributed by atoms with Gasteiger partial charge in [-0.1, -0.05) is 30.4 Å². The molecule has 2 bridgehead atoms. The Morgan fingerprint density at radius 1 is 1.10 bits per heavy atom. The summed E-state index contributed by atoms with van der Waals surface area (Å²) in [5.74, 6) is -1.61. The first-order valence-corrected chi connectivity index (χ1v) is 11.4. The van der Waals surface area contributed by atoms with Gasteiger partial charge in [0, 0.05) is 12.2 Å². The van der Waals surface area contributed by atoms with Gasteiger partial charge < -0.3 is 5.32 Å². The van der Waals surface area contributed by atoms with E-state index in [-0.39, 0.29) is 54.3 Å². The standard InChI is InChI=1S/C21H23N3O5S/c1-2-9-22-30(28,29)12-13-3-7-16(8-4-13)23-17(25)11-24-20(26)18-14-5-6-15(10-14)19(18)21(24)27/h2-8,14-15,18-19,22H,1,9-12H2,(H,23,25). The Kier molecular flexibility index (Phi) is 5.33. The summed E-state index contributed by atoms with van der Waals surface area (Å²) >= 11 is 0. The summed E-state index contributed by atoms with van der Waals surface area (Å²) in [6.07, 6.45) is 6.32. The van der Waals surface area contributed by atoms with Gasteiger partial charge in [0.1, 0.15) is 6.54 Å². The molecule has 158 valence electrons. The second-order valence-corrected chi connectivity index (χ2v) is 9.71. The number of imide groups is 1. The monoisotopic (exact) mass is 429 g/mol. The topological polar surface area (TPSA) is 113 Å². The first-order valence-electron chi connectivity index (χ1n) is 9.79. The minimum absolute atomic E-state index is 0.106. The van der Waals surface area contributed by atoms with Gasteiger partial charge in [0.2, 0.25) is 27.7 Å². The van der Waals surface area contributed by atoms with Gasteiger partial charge in [0.25, 0.3) is 0 Å². The van der Waals surface area contributed by atoms with Crippen LogP contribution in [0.5, 0.6) is 0 Å². The third-order valence-corrected chi connectivity index (χ3v) is 7.23. The minimum Gasteiger partial charge on any atom is -0.325 e. The average Bonchev–Trinajstić information content (AvgIpc) is 3.38. The van der Waals surface area contributed by atoms with Crippen molar-refractivity contribution in [3.8, 4) is 0 Å². The molecule has 2 fully saturated rings. The van der Waals surface area contributed by atoms with Crippen molar-refractivity contribution in [2.45, 2.75) is 12.2 Å². The van der Waals surface area contributed by atoms with Gasteiger partial charge in [0.15, 0.2) is 0 Å². The Balaban J connectivity index is 1.34. The van der Waals surface area contributed by atoms with Crippen LogP contribution in [0.2, 0.25) is 0 Å². The molecule has 1 aromatic rings. The molecule has 0 radical (unpaired) electrons. The average molecular weight is 429 g/mol. The molecule has 0 spiro atoms. The van der Waals surface area contributed by atoms with Crippen LogP contribution in [0.1, 0.15) is 12.0 Å². The van der Waals surface area contributed by atoms with Crippen LogP contribution in [0.3, 0.4) is 0 Å². The van der Waals surface area contributed by atoms with Crippen LogP contribution in [-0.4, -0.2) is 44.1 Å². The zero-order valence-electron chi connectivity index (χ0n) is 16.3. The van der Waals surface area contributed by atoms with Crippen molar-refractivity contribution in [2.75, 3.05) is 18.4 Å². The molecule has 1 heterocycles. The van der Waals surface area contributed by atoms with E-state index in [0.29, 0.717) is 11.3 Å². The highest BCUT2D eigenvalue weighted by molar-refractivity contribution is 7.88. The number of hydrogen-bond acceptors (Lipinski definition) is 5. The third-order valence-electron chi connectivity index (χ3n) is 5.91. The molecule has 9 heteroatoms. The van der Waals surface area contributed by atoms with Crippen molar-refractivity contribution in [3.05, 3.63) is 54.6 Å². The molecule has 1 saturated carbocycles. The summed E-state index contributed by atoms with van der Waals surface area (Å²) in [4.78, 5) is 38.8. The molecule has 4 atom stereocenters. The molecule has 3 amide bonds. The summed E-state index contributed by atoms with van der Waals surface area (Å²) in [5, 5.41) is 2.66. The number of carbonyl (C=O) groups excluding carboxylic acids is 3. The predicted octanol–water partition coefficient (Wildman–Crippen LogP) is 1.04. The third kappa shape index (κ3) is 3.82. The number of hydrogen-bond donors (Lipinski definition) is 2. The summed E-state index contributed by atoms with van der Waals surface area (Å²) in [6.45, 7) is 3.31. The number of fused-ring (bicyclic) bond motifs is 5. The van der Waals surface area contributed by atoms with Crippen LogP contribution in [0, 0.1) is 23.7 Å². The van der Waals surface area contributed by atoms with Crippen LogP contribution < -0.4 is 10.0 Å². The summed E-state index contributed by atoms with van der Waals surface area (Å²) in [5.41, 5.74) is 1.02. The number of likely N-dealkylation sites (tertiary alicyclic amines) is 1. The largest absolute Gasteiger partial charge is 0.325 e. The van der Waals surface area contributed by atoms with Gasteiger partial charge in [-0.05, 0) is 36.0 Å². The zero-order chi connectivity index (χ0) is 21.5. The highest BCUT2D eigenvalue weighted by Crippen LogP contribution is 2.52. The fourth-order valence-electron chi connectivity index (χ4n) is 4.60. The van der Waals surface area contributed by atoms with E-state index in [9.17, 15) is 22.8 Å². The van der Waals surface area contributed by atoms with Gasteiger partial charge in [-0.3, -0.25) is 19.3 Å². The SMILES string of the molecule is C=CCNS(=O)(=O)Cc1ccc(NC(=O)CN2C(=O)C3C4C=CC(C4)C3C2=O)cc1. The maximum Gasteiger partial charge on any atom is 0.244 e. The van der Waals surface area contributed by atoms with Crippen LogP contribution in [0.15, 0.2) is 49.1 Å². The van der Waals surface area contributed by atoms with Crippen molar-refractivity contribution in [1.82, 2.24) is 9.62 Å². The number of benzene rings is 1. The highest BCUT2D eigenvalue weighted by atomic mass is 32.2. The van der Waals surface area contributed by atoms with Crippen molar-refractivity contribution in [2.24, 2.45) is 23.7 Å². The second kappa shape index (κ2) is 7.81. The van der Waals surface area contributed by atoms with E-state index < -0.39 is 15.9 Å². The van der Waals surface area contributed by atoms with E-state index in [4.69, 9.17) is 0 Å². The normalized spacial score (nSPS) is 26.9. The fraction of sp³-hybridized carbons (Fsp3) is 0.381. The lowest BCUT2D eigenvalue weighted by atomic mass is 9.85. The number of nitrogens with one attached hydrogen (secondary N) is 2. The number of carbonyl (C=O) groups is 3. The van der Waals surface area contributed by atoms with Gasteiger partial charge in [-0.25, -0.2) is 13.1 Å². The van der Waals surface area contributed by atoms with E-state index in [2.05, 4.69) is 16.6 Å². The maximum absolute atomic E-state index is 12.6. The van der Waals surface area contributed by atoms with Crippen LogP contribution in [-0.2, 0) is 30.2 Å². The van der Waals surface area contributed by atoms with Crippen LogP contribution in [0.4, 0.5) is 5.69 Å². The molecule has 4 rings (SSSR count). The maximum atomic E-state index is 12.6. The van der Waals surface area contributed by atoms with Crippen molar-refractivity contribution in [3.63, 3.8) is 0 Å². The van der Waals surface area contributed by atoms with E-state index in [1.54, 1.807) is 24.3 Å². The van der Waals surface area contributed by atoms with Crippen molar-refractivity contribution in [1.29, 1.82) is 0 Å². The van der Waals surface area contributed by atoms with Gasteiger partial charge in [0.05, 0.1) is 17.6 Å². The lowest BCUT2D eigenvalue weighted by Crippen LogP contribution is -2.39.